The third kappa shape index (κ3) is 35.0. The molecule has 0 spiro atoms. The van der Waals surface area contributed by atoms with E-state index >= 15 is 0 Å². The number of aliphatic hydroxyl groups excluding tert-OH is 11. The predicted molar refractivity (Wildman–Crippen MR) is 351 cm³/mol. The van der Waals surface area contributed by atoms with E-state index in [1.54, 1.807) is 6.08 Å². The van der Waals surface area contributed by atoms with Crippen LogP contribution in [0.2, 0.25) is 0 Å². The maximum absolute atomic E-state index is 13.4. The van der Waals surface area contributed by atoms with Crippen LogP contribution in [0.5, 0.6) is 0 Å². The van der Waals surface area contributed by atoms with Crippen LogP contribution in [0.15, 0.2) is 12.2 Å². The third-order valence-corrected chi connectivity index (χ3v) is 18.8. The number of hydrogen-bond acceptors (Lipinski definition) is 18. The standard InChI is InChI=1S/C71H135NO18/c1-3-5-7-9-11-13-15-17-19-21-23-25-26-27-29-31-33-35-37-39-41-43-45-47-49-59(77)72-54(55(76)48-46-44-42-40-38-36-34-32-30-28-24-22-20-18-16-14-12-10-8-6-4-2)53-85-69-65(83)62(80)67(57(51-74)87-69)90-71-66(84)63(81)68(58(52-75)88-71)89-70-64(82)61(79)60(78)56(50-73)86-70/h46,48,54-58,60-71,73-76,78-84H,3-45,47,49-53H2,1-2H3,(H,72,77)/b48-46+. The molecule has 0 aromatic carbocycles. The lowest BCUT2D eigenvalue weighted by atomic mass is 9.96. The van der Waals surface area contributed by atoms with E-state index in [4.69, 9.17) is 28.4 Å². The molecular formula is C71H135NO18. The fraction of sp³-hybridized carbons (Fsp3) is 0.958. The molecule has 0 aliphatic carbocycles. The van der Waals surface area contributed by atoms with E-state index in [0.29, 0.717) is 6.42 Å². The molecule has 0 bridgehead atoms. The van der Waals surface area contributed by atoms with E-state index < -0.39 is 124 Å². The van der Waals surface area contributed by atoms with Crippen molar-refractivity contribution >= 4 is 5.91 Å². The quantitative estimate of drug-likeness (QED) is 0.0199. The van der Waals surface area contributed by atoms with Crippen molar-refractivity contribution in [2.24, 2.45) is 0 Å². The lowest BCUT2D eigenvalue weighted by Crippen LogP contribution is -2.66. The zero-order valence-electron chi connectivity index (χ0n) is 56.4. The molecule has 0 aromatic heterocycles. The first-order valence-corrected chi connectivity index (χ1v) is 36.9. The predicted octanol–water partition coefficient (Wildman–Crippen LogP) is 10.4. The summed E-state index contributed by atoms with van der Waals surface area (Å²) in [6, 6.07) is -0.969. The van der Waals surface area contributed by atoms with Crippen molar-refractivity contribution in [2.75, 3.05) is 26.4 Å². The Labute approximate surface area is 544 Å². The van der Waals surface area contributed by atoms with Crippen LogP contribution in [-0.2, 0) is 33.2 Å². The van der Waals surface area contributed by atoms with Crippen molar-refractivity contribution in [1.82, 2.24) is 5.32 Å². The maximum atomic E-state index is 13.4. The van der Waals surface area contributed by atoms with Gasteiger partial charge in [0.1, 0.15) is 73.2 Å². The topological polar surface area (TPSA) is 307 Å². The first-order valence-electron chi connectivity index (χ1n) is 36.9. The summed E-state index contributed by atoms with van der Waals surface area (Å²) in [5.74, 6) is -0.268. The van der Waals surface area contributed by atoms with Gasteiger partial charge in [-0.15, -0.1) is 0 Å². The molecule has 19 nitrogen and oxygen atoms in total. The summed E-state index contributed by atoms with van der Waals surface area (Å²) in [5.41, 5.74) is 0. The summed E-state index contributed by atoms with van der Waals surface area (Å²) in [6.07, 6.45) is 33.3. The number of carbonyl (C=O) groups is 1. The molecule has 3 aliphatic heterocycles. The summed E-state index contributed by atoms with van der Waals surface area (Å²) in [5, 5.41) is 121. The smallest absolute Gasteiger partial charge is 0.220 e. The number of unbranched alkanes of at least 4 members (excludes halogenated alkanes) is 42. The van der Waals surface area contributed by atoms with E-state index in [0.717, 1.165) is 44.9 Å². The van der Waals surface area contributed by atoms with Crippen LogP contribution < -0.4 is 5.32 Å². The first kappa shape index (κ1) is 82.8. The Morgan fingerprint density at radius 2 is 0.689 bits per heavy atom. The molecule has 3 aliphatic rings. The van der Waals surface area contributed by atoms with Gasteiger partial charge < -0.3 is 89.9 Å². The molecule has 17 unspecified atom stereocenters. The van der Waals surface area contributed by atoms with Gasteiger partial charge in [0.2, 0.25) is 5.91 Å². The molecule has 19 heteroatoms. The van der Waals surface area contributed by atoms with Gasteiger partial charge in [-0.25, -0.2) is 0 Å². The van der Waals surface area contributed by atoms with Gasteiger partial charge in [0.25, 0.3) is 0 Å². The van der Waals surface area contributed by atoms with Crippen molar-refractivity contribution < 1.29 is 89.4 Å². The van der Waals surface area contributed by atoms with E-state index in [9.17, 15) is 61.0 Å². The minimum Gasteiger partial charge on any atom is -0.394 e. The Balaban J connectivity index is 1.42. The molecule has 12 N–H and O–H groups in total. The van der Waals surface area contributed by atoms with Crippen molar-refractivity contribution in [3.8, 4) is 0 Å². The highest BCUT2D eigenvalue weighted by molar-refractivity contribution is 5.76. The second-order valence-electron chi connectivity index (χ2n) is 26.8. The summed E-state index contributed by atoms with van der Waals surface area (Å²) < 4.78 is 34.4. The van der Waals surface area contributed by atoms with Gasteiger partial charge in [-0.2, -0.15) is 0 Å². The number of nitrogens with one attached hydrogen (secondary N) is 1. The summed E-state index contributed by atoms with van der Waals surface area (Å²) in [4.78, 5) is 13.4. The van der Waals surface area contributed by atoms with Crippen molar-refractivity contribution in [1.29, 1.82) is 0 Å². The Morgan fingerprint density at radius 3 is 1.04 bits per heavy atom. The summed E-state index contributed by atoms with van der Waals surface area (Å²) in [6.45, 7) is 1.79. The normalized spacial score (nSPS) is 28.0. The number of ether oxygens (including phenoxy) is 6. The Hall–Kier alpha value is -1.47. The molecule has 532 valence electrons. The monoisotopic (exact) mass is 1290 g/mol. The van der Waals surface area contributed by atoms with Crippen LogP contribution in [0.25, 0.3) is 0 Å². The first-order chi connectivity index (χ1) is 43.8. The Kier molecular flexibility index (Phi) is 49.3. The van der Waals surface area contributed by atoms with Gasteiger partial charge in [-0.1, -0.05) is 289 Å². The van der Waals surface area contributed by atoms with Gasteiger partial charge in [0.15, 0.2) is 18.9 Å². The largest absolute Gasteiger partial charge is 0.394 e. The fourth-order valence-corrected chi connectivity index (χ4v) is 12.8. The van der Waals surface area contributed by atoms with Crippen LogP contribution in [0.4, 0.5) is 0 Å². The number of allylic oxidation sites excluding steroid dienone is 1. The molecule has 3 rings (SSSR count). The molecule has 3 fully saturated rings. The lowest BCUT2D eigenvalue weighted by Gasteiger charge is -2.48. The van der Waals surface area contributed by atoms with Crippen LogP contribution in [-0.4, -0.2) is 193 Å². The zero-order chi connectivity index (χ0) is 65.4. The maximum Gasteiger partial charge on any atom is 0.220 e. The van der Waals surface area contributed by atoms with Crippen LogP contribution in [0.3, 0.4) is 0 Å². The average molecular weight is 1290 g/mol. The molecule has 3 heterocycles. The number of hydrogen-bond donors (Lipinski definition) is 12. The van der Waals surface area contributed by atoms with Gasteiger partial charge in [0.05, 0.1) is 38.6 Å². The highest BCUT2D eigenvalue weighted by Gasteiger charge is 2.53. The van der Waals surface area contributed by atoms with Crippen LogP contribution >= 0.6 is 0 Å². The second kappa shape index (κ2) is 53.6. The fourth-order valence-electron chi connectivity index (χ4n) is 12.8. The molecular weight excluding hydrogens is 1150 g/mol. The van der Waals surface area contributed by atoms with E-state index in [1.165, 1.54) is 231 Å². The zero-order valence-corrected chi connectivity index (χ0v) is 56.4. The molecule has 0 radical (unpaired) electrons. The molecule has 0 saturated carbocycles. The van der Waals surface area contributed by atoms with Gasteiger partial charge >= 0.3 is 0 Å². The van der Waals surface area contributed by atoms with Crippen molar-refractivity contribution in [3.63, 3.8) is 0 Å². The van der Waals surface area contributed by atoms with Crippen LogP contribution in [0, 0.1) is 0 Å². The number of rotatable bonds is 58. The van der Waals surface area contributed by atoms with E-state index in [2.05, 4.69) is 19.2 Å². The molecule has 0 aromatic rings. The highest BCUT2D eigenvalue weighted by atomic mass is 16.8. The third-order valence-electron chi connectivity index (χ3n) is 18.8. The SMILES string of the molecule is CCCCCCCCCCCCCCCCCCCCC/C=C/C(O)C(COC1OC(CO)C(OC2OC(CO)C(OC3OC(CO)C(O)C(O)C3O)C(O)C2O)C(O)C1O)NC(=O)CCCCCCCCCCCCCCCCCCCCCCCCCC. The van der Waals surface area contributed by atoms with Crippen molar-refractivity contribution in [3.05, 3.63) is 12.2 Å². The van der Waals surface area contributed by atoms with E-state index in [1.807, 2.05) is 6.08 Å². The Bertz CT molecular complexity index is 1680. The summed E-state index contributed by atoms with van der Waals surface area (Å²) in [7, 11) is 0. The average Bonchev–Trinajstić information content (AvgIpc) is 1.05. The molecule has 1 amide bonds. The minimum atomic E-state index is -1.98. The summed E-state index contributed by atoms with van der Waals surface area (Å²) >= 11 is 0. The Morgan fingerprint density at radius 1 is 0.389 bits per heavy atom. The number of aliphatic hydroxyl groups is 11. The van der Waals surface area contributed by atoms with Gasteiger partial charge in [-0.05, 0) is 19.3 Å². The lowest BCUT2D eigenvalue weighted by molar-refractivity contribution is -0.379. The van der Waals surface area contributed by atoms with Gasteiger partial charge in [-0.3, -0.25) is 4.79 Å². The second-order valence-corrected chi connectivity index (χ2v) is 26.8. The minimum absolute atomic E-state index is 0.250. The highest BCUT2D eigenvalue weighted by Crippen LogP contribution is 2.33. The number of carbonyl (C=O) groups excluding carboxylic acids is 1. The van der Waals surface area contributed by atoms with E-state index in [-0.39, 0.29) is 18.9 Å². The molecule has 90 heavy (non-hydrogen) atoms. The molecule has 17 atom stereocenters. The van der Waals surface area contributed by atoms with Gasteiger partial charge in [0, 0.05) is 6.42 Å². The van der Waals surface area contributed by atoms with Crippen molar-refractivity contribution in [2.45, 2.75) is 407 Å². The van der Waals surface area contributed by atoms with Crippen LogP contribution in [0.1, 0.15) is 303 Å². The number of amides is 1. The molecule has 3 saturated heterocycles.